The molecule has 6 fully saturated rings. The molecule has 5 saturated carbocycles. The molecule has 33 heavy (non-hydrogen) atoms. The predicted octanol–water partition coefficient (Wildman–Crippen LogP) is 2.99. The molecule has 7 nitrogen and oxygen atoms in total. The minimum atomic E-state index is -0.477. The first-order valence-electron chi connectivity index (χ1n) is 13.3. The Labute approximate surface area is 197 Å². The highest BCUT2D eigenvalue weighted by Gasteiger charge is 2.55. The highest BCUT2D eigenvalue weighted by atomic mass is 16.3. The summed E-state index contributed by atoms with van der Waals surface area (Å²) >= 11 is 0. The third kappa shape index (κ3) is 4.05. The summed E-state index contributed by atoms with van der Waals surface area (Å²) in [5.74, 6) is 2.57. The molecule has 1 aromatic rings. The van der Waals surface area contributed by atoms with E-state index in [1.165, 1.54) is 12.8 Å². The maximum Gasteiger partial charge on any atom is 0.254 e. The van der Waals surface area contributed by atoms with Crippen LogP contribution >= 0.6 is 0 Å². The van der Waals surface area contributed by atoms with Crippen LogP contribution in [0.15, 0.2) is 6.20 Å². The molecule has 1 aromatic heterocycles. The van der Waals surface area contributed by atoms with Crippen LogP contribution in [0.4, 0.5) is 5.95 Å². The maximum atomic E-state index is 13.6. The Morgan fingerprint density at radius 1 is 1.12 bits per heavy atom. The second kappa shape index (κ2) is 8.19. The van der Waals surface area contributed by atoms with Crippen molar-refractivity contribution in [3.05, 3.63) is 17.5 Å². The van der Waals surface area contributed by atoms with Crippen LogP contribution in [0.5, 0.6) is 0 Å². The Bertz CT molecular complexity index is 890. The van der Waals surface area contributed by atoms with E-state index in [2.05, 4.69) is 29.4 Å². The van der Waals surface area contributed by atoms with Gasteiger partial charge in [0.25, 0.3) is 5.91 Å². The lowest BCUT2D eigenvalue weighted by atomic mass is 9.52. The Balaban J connectivity index is 1.25. The van der Waals surface area contributed by atoms with Crippen molar-refractivity contribution in [3.63, 3.8) is 0 Å². The van der Waals surface area contributed by atoms with Crippen molar-refractivity contribution in [2.45, 2.75) is 101 Å². The summed E-state index contributed by atoms with van der Waals surface area (Å²) in [7, 11) is 0. The lowest BCUT2D eigenvalue weighted by Gasteiger charge is -2.58. The van der Waals surface area contributed by atoms with Crippen molar-refractivity contribution in [3.8, 4) is 0 Å². The fourth-order valence-corrected chi connectivity index (χ4v) is 8.16. The van der Waals surface area contributed by atoms with Crippen LogP contribution in [0.3, 0.4) is 0 Å². The Morgan fingerprint density at radius 3 is 2.42 bits per heavy atom. The van der Waals surface area contributed by atoms with E-state index in [9.17, 15) is 9.90 Å². The van der Waals surface area contributed by atoms with Gasteiger partial charge in [0, 0.05) is 43.3 Å². The molecule has 0 aromatic carbocycles. The molecule has 4 bridgehead atoms. The van der Waals surface area contributed by atoms with E-state index in [0.29, 0.717) is 41.3 Å². The Morgan fingerprint density at radius 2 is 1.79 bits per heavy atom. The maximum absolute atomic E-state index is 13.6. The van der Waals surface area contributed by atoms with Gasteiger partial charge in [-0.15, -0.1) is 0 Å². The van der Waals surface area contributed by atoms with Crippen LogP contribution in [0.2, 0.25) is 0 Å². The van der Waals surface area contributed by atoms with E-state index < -0.39 is 5.60 Å². The summed E-state index contributed by atoms with van der Waals surface area (Å²) < 4.78 is 0. The molecule has 1 amide bonds. The number of carbonyl (C=O) groups is 1. The standard InChI is InChI=1S/C26H39N5O2/c1-15-13-31(14-16(2)28-15)25-27-12-21(23(30-25)18-5-3-4-6-18)24(32)29-22-19-7-17-8-20(22)11-26(33,9-17)10-19/h12,15-20,22,28,33H,3-11,13-14H2,1-2H3,(H,29,32)/t15-,16+,17?,19?,20?,22?,26?. The quantitative estimate of drug-likeness (QED) is 0.649. The number of nitrogens with one attached hydrogen (secondary N) is 2. The van der Waals surface area contributed by atoms with Gasteiger partial charge in [0.1, 0.15) is 0 Å². The van der Waals surface area contributed by atoms with Gasteiger partial charge in [-0.1, -0.05) is 12.8 Å². The van der Waals surface area contributed by atoms with Gasteiger partial charge in [0.15, 0.2) is 0 Å². The second-order valence-electron chi connectivity index (χ2n) is 12.0. The summed E-state index contributed by atoms with van der Waals surface area (Å²) in [5.41, 5.74) is 1.15. The molecule has 7 heteroatoms. The lowest BCUT2D eigenvalue weighted by Crippen LogP contribution is -2.61. The van der Waals surface area contributed by atoms with E-state index in [0.717, 1.165) is 69.7 Å². The molecular weight excluding hydrogens is 414 g/mol. The third-order valence-electron chi connectivity index (χ3n) is 9.17. The molecule has 5 aliphatic carbocycles. The molecular formula is C26H39N5O2. The van der Waals surface area contributed by atoms with Gasteiger partial charge >= 0.3 is 0 Å². The van der Waals surface area contributed by atoms with Crippen molar-refractivity contribution in [1.82, 2.24) is 20.6 Å². The molecule has 2 unspecified atom stereocenters. The van der Waals surface area contributed by atoms with Crippen molar-refractivity contribution >= 4 is 11.9 Å². The van der Waals surface area contributed by atoms with Crippen molar-refractivity contribution < 1.29 is 9.90 Å². The van der Waals surface area contributed by atoms with Crippen molar-refractivity contribution in [2.75, 3.05) is 18.0 Å². The molecule has 1 saturated heterocycles. The molecule has 0 radical (unpaired) electrons. The Kier molecular flexibility index (Phi) is 5.41. The van der Waals surface area contributed by atoms with Gasteiger partial charge in [0.2, 0.25) is 5.95 Å². The molecule has 6 aliphatic rings. The number of aliphatic hydroxyl groups is 1. The Hall–Kier alpha value is -1.73. The summed E-state index contributed by atoms with van der Waals surface area (Å²) in [5, 5.41) is 17.9. The van der Waals surface area contributed by atoms with Gasteiger partial charge in [-0.25, -0.2) is 9.97 Å². The lowest BCUT2D eigenvalue weighted by molar-refractivity contribution is -0.136. The number of amides is 1. The molecule has 3 N–H and O–H groups in total. The number of anilines is 1. The number of carbonyl (C=O) groups excluding carboxylic acids is 1. The SMILES string of the molecule is C[C@@H]1CN(c2ncc(C(=O)NC3C4CC5CC3CC(O)(C5)C4)c(C3CCCC3)n2)C[C@H](C)N1. The second-order valence-corrected chi connectivity index (χ2v) is 12.0. The van der Waals surface area contributed by atoms with Gasteiger partial charge < -0.3 is 20.6 Å². The van der Waals surface area contributed by atoms with Gasteiger partial charge in [-0.05, 0) is 76.5 Å². The third-order valence-corrected chi connectivity index (χ3v) is 9.17. The number of hydrogen-bond donors (Lipinski definition) is 3. The van der Waals surface area contributed by atoms with Crippen LogP contribution in [0.1, 0.15) is 93.6 Å². The summed E-state index contributed by atoms with van der Waals surface area (Å²) in [4.78, 5) is 25.6. The molecule has 4 atom stereocenters. The average molecular weight is 454 g/mol. The number of aromatic nitrogens is 2. The van der Waals surface area contributed by atoms with E-state index in [4.69, 9.17) is 9.97 Å². The summed E-state index contributed by atoms with van der Waals surface area (Å²) in [6, 6.07) is 0.962. The van der Waals surface area contributed by atoms with Gasteiger partial charge in [-0.3, -0.25) is 4.79 Å². The molecule has 180 valence electrons. The van der Waals surface area contributed by atoms with E-state index >= 15 is 0 Å². The highest BCUT2D eigenvalue weighted by molar-refractivity contribution is 5.95. The minimum absolute atomic E-state index is 0.00467. The fraction of sp³-hybridized carbons (Fsp3) is 0.808. The predicted molar refractivity (Wildman–Crippen MR) is 127 cm³/mol. The molecule has 7 rings (SSSR count). The first kappa shape index (κ1) is 21.8. The van der Waals surface area contributed by atoms with Gasteiger partial charge in [-0.2, -0.15) is 0 Å². The molecule has 1 aliphatic heterocycles. The molecule has 0 spiro atoms. The van der Waals surface area contributed by atoms with Crippen LogP contribution in [0, 0.1) is 17.8 Å². The normalized spacial score (nSPS) is 40.4. The minimum Gasteiger partial charge on any atom is -0.390 e. The van der Waals surface area contributed by atoms with E-state index in [-0.39, 0.29) is 11.9 Å². The average Bonchev–Trinajstić information content (AvgIpc) is 3.29. The smallest absolute Gasteiger partial charge is 0.254 e. The van der Waals surface area contributed by atoms with Crippen LogP contribution < -0.4 is 15.5 Å². The van der Waals surface area contributed by atoms with Crippen LogP contribution in [-0.2, 0) is 0 Å². The largest absolute Gasteiger partial charge is 0.390 e. The summed E-state index contributed by atoms with van der Waals surface area (Å²) in [6.45, 7) is 6.17. The first-order chi connectivity index (χ1) is 15.9. The van der Waals surface area contributed by atoms with Gasteiger partial charge in [0.05, 0.1) is 16.9 Å². The van der Waals surface area contributed by atoms with Crippen molar-refractivity contribution in [2.24, 2.45) is 17.8 Å². The van der Waals surface area contributed by atoms with E-state index in [1.807, 2.05) is 0 Å². The molecule has 2 heterocycles. The highest BCUT2D eigenvalue weighted by Crippen LogP contribution is 2.55. The van der Waals surface area contributed by atoms with Crippen LogP contribution in [0.25, 0.3) is 0 Å². The monoisotopic (exact) mass is 453 g/mol. The fourth-order valence-electron chi connectivity index (χ4n) is 8.16. The number of rotatable bonds is 4. The van der Waals surface area contributed by atoms with Crippen molar-refractivity contribution in [1.29, 1.82) is 0 Å². The zero-order valence-corrected chi connectivity index (χ0v) is 20.1. The first-order valence-corrected chi connectivity index (χ1v) is 13.3. The van der Waals surface area contributed by atoms with Crippen LogP contribution in [-0.4, -0.2) is 57.8 Å². The topological polar surface area (TPSA) is 90.4 Å². The van der Waals surface area contributed by atoms with E-state index in [1.54, 1.807) is 6.20 Å². The number of hydrogen-bond acceptors (Lipinski definition) is 6. The number of piperazine rings is 1. The zero-order valence-electron chi connectivity index (χ0n) is 20.1. The zero-order chi connectivity index (χ0) is 22.7. The number of nitrogens with zero attached hydrogens (tertiary/aromatic N) is 3. The summed E-state index contributed by atoms with van der Waals surface area (Å²) in [6.07, 6.45) is 11.4.